The number of nitrogens with zero attached hydrogens (tertiary/aromatic N) is 4. The number of benzene rings is 1. The van der Waals surface area contributed by atoms with Crippen LogP contribution in [0.2, 0.25) is 0 Å². The molecule has 144 valence electrons. The molecular weight excluding hydrogens is 336 g/mol. The van der Waals surface area contributed by atoms with Gasteiger partial charge < -0.3 is 14.4 Å². The van der Waals surface area contributed by atoms with Crippen molar-refractivity contribution in [2.24, 2.45) is 0 Å². The Balaban J connectivity index is 1.32. The number of aromatic nitrogens is 2. The number of hydrogen-bond acceptors (Lipinski definition) is 3. The Morgan fingerprint density at radius 2 is 1.89 bits per heavy atom. The third-order valence-corrected chi connectivity index (χ3v) is 6.71. The molecule has 2 saturated heterocycles. The predicted octanol–water partition coefficient (Wildman–Crippen LogP) is 3.06. The summed E-state index contributed by atoms with van der Waals surface area (Å²) in [6.07, 6.45) is 8.21. The second-order valence-electron chi connectivity index (χ2n) is 8.15. The van der Waals surface area contributed by atoms with Gasteiger partial charge in [-0.05, 0) is 44.7 Å². The Bertz CT molecular complexity index is 777. The van der Waals surface area contributed by atoms with Gasteiger partial charge in [-0.2, -0.15) is 0 Å². The van der Waals surface area contributed by atoms with Crippen molar-refractivity contribution in [3.63, 3.8) is 0 Å². The lowest BCUT2D eigenvalue weighted by atomic mass is 9.81. The van der Waals surface area contributed by atoms with Crippen LogP contribution in [0, 0.1) is 6.92 Å². The zero-order chi connectivity index (χ0) is 18.9. The summed E-state index contributed by atoms with van der Waals surface area (Å²) in [4.78, 5) is 21.8. The Labute approximate surface area is 162 Å². The van der Waals surface area contributed by atoms with E-state index in [1.165, 1.54) is 5.56 Å². The number of amides is 1. The van der Waals surface area contributed by atoms with Gasteiger partial charge in [-0.1, -0.05) is 30.3 Å². The molecule has 0 N–H and O–H groups in total. The molecule has 27 heavy (non-hydrogen) atoms. The highest BCUT2D eigenvalue weighted by atomic mass is 16.2. The molecule has 1 aromatic carbocycles. The largest absolute Gasteiger partial charge is 0.339 e. The van der Waals surface area contributed by atoms with E-state index in [9.17, 15) is 4.79 Å². The molecular formula is C22H30N4O. The SMILES string of the molecule is Cc1nccn1CCCN1CCC2(CC1)C[C@@H](c1ccccc1)C(=O)N2C. The van der Waals surface area contributed by atoms with Crippen LogP contribution in [0.4, 0.5) is 0 Å². The van der Waals surface area contributed by atoms with E-state index in [-0.39, 0.29) is 11.5 Å². The van der Waals surface area contributed by atoms with E-state index < -0.39 is 0 Å². The number of piperidine rings is 1. The number of carbonyl (C=O) groups excluding carboxylic acids is 1. The highest BCUT2D eigenvalue weighted by molar-refractivity contribution is 5.87. The summed E-state index contributed by atoms with van der Waals surface area (Å²) < 4.78 is 2.22. The smallest absolute Gasteiger partial charge is 0.230 e. The molecule has 0 radical (unpaired) electrons. The molecule has 0 unspecified atom stereocenters. The Morgan fingerprint density at radius 1 is 1.15 bits per heavy atom. The topological polar surface area (TPSA) is 41.4 Å². The average Bonchev–Trinajstić information content (AvgIpc) is 3.21. The fourth-order valence-corrected chi connectivity index (χ4v) is 4.85. The molecule has 1 aromatic heterocycles. The van der Waals surface area contributed by atoms with E-state index in [1.807, 2.05) is 31.4 Å². The van der Waals surface area contributed by atoms with Crippen LogP contribution in [0.25, 0.3) is 0 Å². The Hall–Kier alpha value is -2.14. The van der Waals surface area contributed by atoms with Gasteiger partial charge in [0.1, 0.15) is 5.82 Å². The maximum atomic E-state index is 12.9. The first kappa shape index (κ1) is 18.2. The summed E-state index contributed by atoms with van der Waals surface area (Å²) in [5.41, 5.74) is 1.22. The van der Waals surface area contributed by atoms with Crippen LogP contribution in [0.1, 0.15) is 43.0 Å². The van der Waals surface area contributed by atoms with E-state index in [0.717, 1.165) is 57.7 Å². The van der Waals surface area contributed by atoms with Gasteiger partial charge in [0.2, 0.25) is 5.91 Å². The molecule has 0 saturated carbocycles. The summed E-state index contributed by atoms with van der Waals surface area (Å²) in [6.45, 7) is 6.38. The standard InChI is InChI=1S/C22H30N4O/c1-18-23-11-16-26(18)13-6-12-25-14-9-22(10-15-25)17-20(21(27)24(22)2)19-7-4-3-5-8-19/h3-5,7-8,11,16,20H,6,9-10,12-15,17H2,1-2H3/t20-/m0/s1. The average molecular weight is 367 g/mol. The number of hydrogen-bond donors (Lipinski definition) is 0. The summed E-state index contributed by atoms with van der Waals surface area (Å²) in [5.74, 6) is 1.42. The molecule has 2 aliphatic rings. The zero-order valence-electron chi connectivity index (χ0n) is 16.5. The van der Waals surface area contributed by atoms with E-state index in [0.29, 0.717) is 5.91 Å². The van der Waals surface area contributed by atoms with Crippen LogP contribution in [0.15, 0.2) is 42.7 Å². The second kappa shape index (κ2) is 7.47. The molecule has 2 aromatic rings. The summed E-state index contributed by atoms with van der Waals surface area (Å²) >= 11 is 0. The molecule has 0 aliphatic carbocycles. The van der Waals surface area contributed by atoms with Crippen molar-refractivity contribution < 1.29 is 4.79 Å². The Kier molecular flexibility index (Phi) is 5.04. The summed E-state index contributed by atoms with van der Waals surface area (Å²) in [6, 6.07) is 10.3. The van der Waals surface area contributed by atoms with Crippen LogP contribution in [0.5, 0.6) is 0 Å². The number of imidazole rings is 1. The maximum absolute atomic E-state index is 12.9. The normalized spacial score (nSPS) is 22.7. The molecule has 2 aliphatic heterocycles. The molecule has 4 rings (SSSR count). The highest BCUT2D eigenvalue weighted by Crippen LogP contribution is 2.44. The minimum atomic E-state index is 0.0342. The first-order chi connectivity index (χ1) is 13.1. The number of likely N-dealkylation sites (N-methyl/N-ethyl adjacent to an activating group) is 1. The fourth-order valence-electron chi connectivity index (χ4n) is 4.85. The minimum Gasteiger partial charge on any atom is -0.339 e. The number of aryl methyl sites for hydroxylation is 2. The molecule has 5 nitrogen and oxygen atoms in total. The molecule has 5 heteroatoms. The lowest BCUT2D eigenvalue weighted by Gasteiger charge is -2.43. The van der Waals surface area contributed by atoms with Crippen LogP contribution in [0.3, 0.4) is 0 Å². The van der Waals surface area contributed by atoms with Crippen molar-refractivity contribution in [2.45, 2.75) is 50.6 Å². The molecule has 3 heterocycles. The summed E-state index contributed by atoms with van der Waals surface area (Å²) in [5, 5.41) is 0. The molecule has 1 amide bonds. The van der Waals surface area contributed by atoms with Gasteiger partial charge in [0.25, 0.3) is 0 Å². The van der Waals surface area contributed by atoms with Gasteiger partial charge in [-0.25, -0.2) is 4.98 Å². The van der Waals surface area contributed by atoms with Gasteiger partial charge in [-0.15, -0.1) is 0 Å². The zero-order valence-corrected chi connectivity index (χ0v) is 16.5. The van der Waals surface area contributed by atoms with Gasteiger partial charge in [0.15, 0.2) is 0 Å². The van der Waals surface area contributed by atoms with Crippen LogP contribution < -0.4 is 0 Å². The lowest BCUT2D eigenvalue weighted by Crippen LogP contribution is -2.51. The highest BCUT2D eigenvalue weighted by Gasteiger charge is 2.50. The monoisotopic (exact) mass is 366 g/mol. The quantitative estimate of drug-likeness (QED) is 0.817. The van der Waals surface area contributed by atoms with Gasteiger partial charge in [0, 0.05) is 44.6 Å². The van der Waals surface area contributed by atoms with Crippen molar-refractivity contribution in [3.05, 3.63) is 54.1 Å². The van der Waals surface area contributed by atoms with E-state index >= 15 is 0 Å². The van der Waals surface area contributed by atoms with Crippen LogP contribution in [-0.2, 0) is 11.3 Å². The lowest BCUT2D eigenvalue weighted by molar-refractivity contribution is -0.131. The minimum absolute atomic E-state index is 0.0342. The van der Waals surface area contributed by atoms with E-state index in [2.05, 4.69) is 44.6 Å². The van der Waals surface area contributed by atoms with Crippen molar-refractivity contribution in [2.75, 3.05) is 26.7 Å². The first-order valence-corrected chi connectivity index (χ1v) is 10.1. The van der Waals surface area contributed by atoms with Gasteiger partial charge in [0.05, 0.1) is 5.92 Å². The van der Waals surface area contributed by atoms with E-state index in [4.69, 9.17) is 0 Å². The fraction of sp³-hybridized carbons (Fsp3) is 0.545. The van der Waals surface area contributed by atoms with Crippen molar-refractivity contribution in [3.8, 4) is 0 Å². The van der Waals surface area contributed by atoms with Crippen LogP contribution >= 0.6 is 0 Å². The molecule has 0 bridgehead atoms. The van der Waals surface area contributed by atoms with E-state index in [1.54, 1.807) is 0 Å². The van der Waals surface area contributed by atoms with Crippen molar-refractivity contribution in [1.29, 1.82) is 0 Å². The van der Waals surface area contributed by atoms with Gasteiger partial charge >= 0.3 is 0 Å². The van der Waals surface area contributed by atoms with Crippen molar-refractivity contribution >= 4 is 5.91 Å². The number of rotatable bonds is 5. The predicted molar refractivity (Wildman–Crippen MR) is 107 cm³/mol. The van der Waals surface area contributed by atoms with Gasteiger partial charge in [-0.3, -0.25) is 4.79 Å². The molecule has 1 atom stereocenters. The van der Waals surface area contributed by atoms with Crippen LogP contribution in [-0.4, -0.2) is 57.5 Å². The molecule has 1 spiro atoms. The Morgan fingerprint density at radius 3 is 2.56 bits per heavy atom. The second-order valence-corrected chi connectivity index (χ2v) is 8.15. The maximum Gasteiger partial charge on any atom is 0.230 e. The number of carbonyl (C=O) groups is 1. The van der Waals surface area contributed by atoms with Crippen molar-refractivity contribution in [1.82, 2.24) is 19.4 Å². The summed E-state index contributed by atoms with van der Waals surface area (Å²) in [7, 11) is 2.02. The third-order valence-electron chi connectivity index (χ3n) is 6.71. The third kappa shape index (κ3) is 3.53. The number of likely N-dealkylation sites (tertiary alicyclic amines) is 2. The molecule has 2 fully saturated rings. The first-order valence-electron chi connectivity index (χ1n) is 10.1.